The highest BCUT2D eigenvalue weighted by molar-refractivity contribution is 5.90. The average molecular weight is 356 g/mol. The Kier molecular flexibility index (Phi) is 5.04. The van der Waals surface area contributed by atoms with E-state index in [-0.39, 0.29) is 5.91 Å². The molecule has 0 N–H and O–H groups in total. The summed E-state index contributed by atoms with van der Waals surface area (Å²) >= 11 is 0. The second-order valence-electron chi connectivity index (χ2n) is 7.80. The molecular formula is C19H28N6O. The van der Waals surface area contributed by atoms with Gasteiger partial charge in [-0.2, -0.15) is 0 Å². The summed E-state index contributed by atoms with van der Waals surface area (Å²) in [6.45, 7) is 2.49. The van der Waals surface area contributed by atoms with Gasteiger partial charge in [0.15, 0.2) is 5.82 Å². The zero-order valence-electron chi connectivity index (χ0n) is 15.5. The zero-order valence-corrected chi connectivity index (χ0v) is 15.5. The molecule has 0 spiro atoms. The molecule has 0 unspecified atom stereocenters. The minimum Gasteiger partial charge on any atom is -0.336 e. The maximum atomic E-state index is 12.5. The van der Waals surface area contributed by atoms with Crippen molar-refractivity contribution in [1.29, 1.82) is 0 Å². The fourth-order valence-corrected chi connectivity index (χ4v) is 4.28. The monoisotopic (exact) mass is 356 g/mol. The van der Waals surface area contributed by atoms with Crippen molar-refractivity contribution in [1.82, 2.24) is 29.4 Å². The summed E-state index contributed by atoms with van der Waals surface area (Å²) in [5, 5.41) is 8.79. The molecule has 1 aliphatic carbocycles. The lowest BCUT2D eigenvalue weighted by Crippen LogP contribution is -2.40. The van der Waals surface area contributed by atoms with Crippen molar-refractivity contribution in [2.24, 2.45) is 13.0 Å². The third-order valence-electron chi connectivity index (χ3n) is 5.94. The molecule has 1 amide bonds. The van der Waals surface area contributed by atoms with E-state index in [0.29, 0.717) is 17.7 Å². The van der Waals surface area contributed by atoms with Gasteiger partial charge in [0.2, 0.25) is 0 Å². The Balaban J connectivity index is 1.29. The number of piperidine rings is 1. The minimum atomic E-state index is 0.0382. The number of nitrogens with zero attached hydrogens (tertiary/aromatic N) is 6. The summed E-state index contributed by atoms with van der Waals surface area (Å²) < 4.78 is 3.81. The molecule has 2 fully saturated rings. The van der Waals surface area contributed by atoms with Crippen LogP contribution in [0.3, 0.4) is 0 Å². The maximum Gasteiger partial charge on any atom is 0.289 e. The van der Waals surface area contributed by atoms with Crippen molar-refractivity contribution in [3.63, 3.8) is 0 Å². The van der Waals surface area contributed by atoms with Gasteiger partial charge in [-0.3, -0.25) is 9.48 Å². The van der Waals surface area contributed by atoms with Crippen LogP contribution in [0.4, 0.5) is 0 Å². The van der Waals surface area contributed by atoms with E-state index >= 15 is 0 Å². The van der Waals surface area contributed by atoms with Gasteiger partial charge >= 0.3 is 0 Å². The topological polar surface area (TPSA) is 68.8 Å². The molecule has 4 rings (SSSR count). The van der Waals surface area contributed by atoms with E-state index in [1.54, 1.807) is 10.8 Å². The van der Waals surface area contributed by atoms with E-state index in [9.17, 15) is 4.79 Å². The van der Waals surface area contributed by atoms with Crippen LogP contribution in [0.2, 0.25) is 0 Å². The third kappa shape index (κ3) is 3.66. The van der Waals surface area contributed by atoms with Gasteiger partial charge in [-0.15, -0.1) is 5.10 Å². The van der Waals surface area contributed by atoms with Crippen LogP contribution in [0.25, 0.3) is 0 Å². The molecule has 1 saturated heterocycles. The first kappa shape index (κ1) is 17.2. The van der Waals surface area contributed by atoms with Crippen LogP contribution in [0.1, 0.15) is 67.2 Å². The summed E-state index contributed by atoms with van der Waals surface area (Å²) in [5.41, 5.74) is 1.17. The van der Waals surface area contributed by atoms with Crippen molar-refractivity contribution in [3.8, 4) is 0 Å². The number of rotatable bonds is 4. The Morgan fingerprint density at radius 3 is 2.62 bits per heavy atom. The summed E-state index contributed by atoms with van der Waals surface area (Å²) in [6.07, 6.45) is 14.2. The number of hydrogen-bond donors (Lipinski definition) is 0. The quantitative estimate of drug-likeness (QED) is 0.844. The Morgan fingerprint density at radius 1 is 1.15 bits per heavy atom. The molecule has 1 aliphatic heterocycles. The summed E-state index contributed by atoms with van der Waals surface area (Å²) in [7, 11) is 1.86. The average Bonchev–Trinajstić information content (AvgIpc) is 3.32. The molecule has 7 nitrogen and oxygen atoms in total. The molecule has 7 heteroatoms. The van der Waals surface area contributed by atoms with E-state index < -0.39 is 0 Å². The van der Waals surface area contributed by atoms with Gasteiger partial charge in [-0.1, -0.05) is 24.5 Å². The maximum absolute atomic E-state index is 12.5. The molecule has 2 aromatic rings. The molecule has 2 aliphatic rings. The first-order valence-electron chi connectivity index (χ1n) is 9.87. The SMILES string of the molecule is Cn1ccnc1C(=O)N1CCC(Cn2cc(C3CCCCC3)nn2)CC1. The fourth-order valence-electron chi connectivity index (χ4n) is 4.28. The first-order chi connectivity index (χ1) is 12.7. The van der Waals surface area contributed by atoms with Crippen molar-refractivity contribution < 1.29 is 4.79 Å². The van der Waals surface area contributed by atoms with Gasteiger partial charge in [-0.25, -0.2) is 4.98 Å². The van der Waals surface area contributed by atoms with Gasteiger partial charge in [0.05, 0.1) is 5.69 Å². The smallest absolute Gasteiger partial charge is 0.289 e. The summed E-state index contributed by atoms with van der Waals surface area (Å²) in [4.78, 5) is 18.6. The molecule has 1 saturated carbocycles. The Hall–Kier alpha value is -2.18. The molecule has 2 aromatic heterocycles. The number of aromatic nitrogens is 5. The van der Waals surface area contributed by atoms with Crippen molar-refractivity contribution >= 4 is 5.91 Å². The predicted octanol–water partition coefficient (Wildman–Crippen LogP) is 2.61. The molecule has 0 radical (unpaired) electrons. The van der Waals surface area contributed by atoms with Gasteiger partial charge in [-0.05, 0) is 31.6 Å². The molecule has 26 heavy (non-hydrogen) atoms. The number of aryl methyl sites for hydroxylation is 1. The molecule has 3 heterocycles. The second-order valence-corrected chi connectivity index (χ2v) is 7.80. The van der Waals surface area contributed by atoms with Crippen LogP contribution in [0, 0.1) is 5.92 Å². The van der Waals surface area contributed by atoms with E-state index in [4.69, 9.17) is 0 Å². The lowest BCUT2D eigenvalue weighted by Gasteiger charge is -2.31. The predicted molar refractivity (Wildman–Crippen MR) is 97.7 cm³/mol. The van der Waals surface area contributed by atoms with Crippen LogP contribution >= 0.6 is 0 Å². The van der Waals surface area contributed by atoms with Crippen LogP contribution in [0.15, 0.2) is 18.6 Å². The Morgan fingerprint density at radius 2 is 1.92 bits per heavy atom. The number of likely N-dealkylation sites (tertiary alicyclic amines) is 1. The Labute approximate surface area is 154 Å². The van der Waals surface area contributed by atoms with E-state index in [2.05, 4.69) is 21.5 Å². The zero-order chi connectivity index (χ0) is 17.9. The third-order valence-corrected chi connectivity index (χ3v) is 5.94. The van der Waals surface area contributed by atoms with Crippen LogP contribution in [0.5, 0.6) is 0 Å². The van der Waals surface area contributed by atoms with Crippen molar-refractivity contribution in [2.45, 2.75) is 57.4 Å². The van der Waals surface area contributed by atoms with E-state index in [0.717, 1.165) is 32.5 Å². The Bertz CT molecular complexity index is 737. The molecular weight excluding hydrogens is 328 g/mol. The molecule has 140 valence electrons. The first-order valence-corrected chi connectivity index (χ1v) is 9.87. The fraction of sp³-hybridized carbons (Fsp3) is 0.684. The molecule has 0 atom stereocenters. The number of hydrogen-bond acceptors (Lipinski definition) is 4. The number of amides is 1. The standard InChI is InChI=1S/C19H28N6O/c1-23-12-9-20-18(23)19(26)24-10-7-15(8-11-24)13-25-14-17(21-22-25)16-5-3-2-4-6-16/h9,12,14-16H,2-8,10-11,13H2,1H3. The van der Waals surface area contributed by atoms with Crippen molar-refractivity contribution in [3.05, 3.63) is 30.1 Å². The highest BCUT2D eigenvalue weighted by atomic mass is 16.2. The van der Waals surface area contributed by atoms with Crippen LogP contribution in [-0.4, -0.2) is 48.4 Å². The summed E-state index contributed by atoms with van der Waals surface area (Å²) in [6, 6.07) is 0. The van der Waals surface area contributed by atoms with Crippen LogP contribution < -0.4 is 0 Å². The van der Waals surface area contributed by atoms with Gasteiger partial charge < -0.3 is 9.47 Å². The lowest BCUT2D eigenvalue weighted by molar-refractivity contribution is 0.0665. The van der Waals surface area contributed by atoms with Gasteiger partial charge in [0.1, 0.15) is 0 Å². The van der Waals surface area contributed by atoms with Crippen molar-refractivity contribution in [2.75, 3.05) is 13.1 Å². The van der Waals surface area contributed by atoms with Crippen LogP contribution in [-0.2, 0) is 13.6 Å². The molecule has 0 aromatic carbocycles. The largest absolute Gasteiger partial charge is 0.336 e. The number of carbonyl (C=O) groups excluding carboxylic acids is 1. The summed E-state index contributed by atoms with van der Waals surface area (Å²) in [5.74, 6) is 1.73. The van der Waals surface area contributed by atoms with E-state index in [1.807, 2.05) is 22.8 Å². The highest BCUT2D eigenvalue weighted by Crippen LogP contribution is 2.31. The highest BCUT2D eigenvalue weighted by Gasteiger charge is 2.26. The number of imidazole rings is 1. The normalized spacial score (nSPS) is 19.8. The van der Waals surface area contributed by atoms with Gasteiger partial charge in [0.25, 0.3) is 5.91 Å². The second kappa shape index (κ2) is 7.60. The lowest BCUT2D eigenvalue weighted by atomic mass is 9.87. The number of carbonyl (C=O) groups is 1. The molecule has 0 bridgehead atoms. The minimum absolute atomic E-state index is 0.0382. The van der Waals surface area contributed by atoms with Gasteiger partial charge in [0, 0.05) is 51.2 Å². The van der Waals surface area contributed by atoms with E-state index in [1.165, 1.54) is 37.8 Å².